The van der Waals surface area contributed by atoms with E-state index in [9.17, 15) is 0 Å². The van der Waals surface area contributed by atoms with Gasteiger partial charge in [0.1, 0.15) is 0 Å². The molecule has 1 saturated heterocycles. The van der Waals surface area contributed by atoms with E-state index in [0.717, 1.165) is 64.0 Å². The zero-order chi connectivity index (χ0) is 12.8. The summed E-state index contributed by atoms with van der Waals surface area (Å²) in [5.41, 5.74) is 1.10. The second kappa shape index (κ2) is 6.75. The van der Waals surface area contributed by atoms with Gasteiger partial charge in [0.25, 0.3) is 0 Å². The highest BCUT2D eigenvalue weighted by molar-refractivity contribution is 5.34. The van der Waals surface area contributed by atoms with E-state index in [0.29, 0.717) is 0 Å². The van der Waals surface area contributed by atoms with Crippen molar-refractivity contribution in [3.8, 4) is 0 Å². The molecule has 0 amide bonds. The predicted molar refractivity (Wildman–Crippen MR) is 73.2 cm³/mol. The van der Waals surface area contributed by atoms with Crippen LogP contribution in [0.4, 0.5) is 5.95 Å². The Hall–Kier alpha value is -1.07. The van der Waals surface area contributed by atoms with E-state index in [4.69, 9.17) is 4.74 Å². The lowest BCUT2D eigenvalue weighted by Crippen LogP contribution is -2.44. The van der Waals surface area contributed by atoms with Gasteiger partial charge in [-0.05, 0) is 20.3 Å². The van der Waals surface area contributed by atoms with E-state index < -0.39 is 0 Å². The minimum Gasteiger partial charge on any atom is -0.382 e. The normalized spacial score (nSPS) is 16.2. The van der Waals surface area contributed by atoms with Crippen LogP contribution >= 0.6 is 0 Å². The fourth-order valence-electron chi connectivity index (χ4n) is 2.30. The van der Waals surface area contributed by atoms with Gasteiger partial charge in [-0.2, -0.15) is 0 Å². The highest BCUT2D eigenvalue weighted by atomic mass is 16.5. The lowest BCUT2D eigenvalue weighted by atomic mass is 10.4. The van der Waals surface area contributed by atoms with E-state index in [-0.39, 0.29) is 0 Å². The largest absolute Gasteiger partial charge is 0.382 e. The van der Waals surface area contributed by atoms with Crippen LogP contribution in [0.25, 0.3) is 0 Å². The lowest BCUT2D eigenvalue weighted by molar-refractivity contribution is 0.141. The highest BCUT2D eigenvalue weighted by Gasteiger charge is 2.16. The maximum absolute atomic E-state index is 5.39. The predicted octanol–water partition coefficient (Wildman–Crippen LogP) is 1.03. The Balaban J connectivity index is 1.95. The van der Waals surface area contributed by atoms with Crippen molar-refractivity contribution in [2.45, 2.75) is 26.8 Å². The van der Waals surface area contributed by atoms with Crippen molar-refractivity contribution in [2.24, 2.45) is 0 Å². The first-order valence-corrected chi connectivity index (χ1v) is 6.88. The van der Waals surface area contributed by atoms with Crippen LogP contribution in [0.2, 0.25) is 0 Å². The van der Waals surface area contributed by atoms with E-state index in [1.165, 1.54) is 0 Å². The summed E-state index contributed by atoms with van der Waals surface area (Å²) in [6.07, 6.45) is 3.19. The molecule has 5 heteroatoms. The molecule has 0 bridgehead atoms. The zero-order valence-electron chi connectivity index (χ0n) is 11.5. The van der Waals surface area contributed by atoms with E-state index in [1.807, 2.05) is 6.92 Å². The molecule has 102 valence electrons. The Bertz CT molecular complexity index is 358. The first-order valence-electron chi connectivity index (χ1n) is 6.88. The average molecular weight is 252 g/mol. The molecule has 0 aliphatic carbocycles. The van der Waals surface area contributed by atoms with Crippen LogP contribution in [0.1, 0.15) is 19.0 Å². The first kappa shape index (κ1) is 13.4. The van der Waals surface area contributed by atoms with Crippen LogP contribution < -0.4 is 10.2 Å². The number of piperazine rings is 1. The summed E-state index contributed by atoms with van der Waals surface area (Å²) >= 11 is 0. The van der Waals surface area contributed by atoms with Crippen LogP contribution in [0.3, 0.4) is 0 Å². The molecule has 0 unspecified atom stereocenters. The van der Waals surface area contributed by atoms with Crippen molar-refractivity contribution in [2.75, 3.05) is 44.3 Å². The van der Waals surface area contributed by atoms with Gasteiger partial charge in [0, 0.05) is 52.1 Å². The molecule has 0 radical (unpaired) electrons. The third-order valence-electron chi connectivity index (χ3n) is 3.17. The number of hydrogen-bond donors (Lipinski definition) is 1. The van der Waals surface area contributed by atoms with E-state index in [2.05, 4.69) is 32.9 Å². The summed E-state index contributed by atoms with van der Waals surface area (Å²) in [6, 6.07) is 0. The number of nitrogens with one attached hydrogen (secondary N) is 1. The van der Waals surface area contributed by atoms with Gasteiger partial charge >= 0.3 is 0 Å². The van der Waals surface area contributed by atoms with Crippen molar-refractivity contribution in [3.63, 3.8) is 0 Å². The molecule has 0 aromatic carbocycles. The third kappa shape index (κ3) is 3.46. The zero-order valence-corrected chi connectivity index (χ0v) is 11.5. The lowest BCUT2D eigenvalue weighted by Gasteiger charge is -2.28. The summed E-state index contributed by atoms with van der Waals surface area (Å²) in [6.45, 7) is 10.9. The molecule has 0 atom stereocenters. The molecule has 1 N–H and O–H groups in total. The number of aromatic nitrogens is 2. The molecular formula is C13H24N4O. The van der Waals surface area contributed by atoms with Gasteiger partial charge in [-0.1, -0.05) is 0 Å². The highest BCUT2D eigenvalue weighted by Crippen LogP contribution is 2.15. The Morgan fingerprint density at radius 2 is 2.17 bits per heavy atom. The number of ether oxygens (including phenoxy) is 1. The molecule has 2 heterocycles. The maximum atomic E-state index is 5.39. The van der Waals surface area contributed by atoms with Gasteiger partial charge in [0.05, 0.1) is 5.69 Å². The smallest absolute Gasteiger partial charge is 0.205 e. The molecule has 1 aromatic rings. The van der Waals surface area contributed by atoms with Crippen molar-refractivity contribution in [3.05, 3.63) is 11.9 Å². The van der Waals surface area contributed by atoms with E-state index >= 15 is 0 Å². The Labute approximate surface area is 109 Å². The molecule has 1 aromatic heterocycles. The SMILES string of the molecule is CCOCCCn1cc(C)nc1N1CCNCC1. The number of hydrogen-bond acceptors (Lipinski definition) is 4. The Morgan fingerprint density at radius 1 is 1.39 bits per heavy atom. The molecule has 5 nitrogen and oxygen atoms in total. The van der Waals surface area contributed by atoms with Crippen LogP contribution in [-0.4, -0.2) is 48.9 Å². The van der Waals surface area contributed by atoms with Gasteiger partial charge < -0.3 is 19.5 Å². The quantitative estimate of drug-likeness (QED) is 0.768. The van der Waals surface area contributed by atoms with E-state index in [1.54, 1.807) is 0 Å². The van der Waals surface area contributed by atoms with Crippen molar-refractivity contribution < 1.29 is 4.74 Å². The molecule has 0 saturated carbocycles. The summed E-state index contributed by atoms with van der Waals surface area (Å²) in [5.74, 6) is 1.12. The second-order valence-corrected chi connectivity index (χ2v) is 4.66. The Morgan fingerprint density at radius 3 is 2.89 bits per heavy atom. The van der Waals surface area contributed by atoms with Crippen molar-refractivity contribution in [1.82, 2.24) is 14.9 Å². The minimum atomic E-state index is 0.799. The van der Waals surface area contributed by atoms with Crippen molar-refractivity contribution in [1.29, 1.82) is 0 Å². The summed E-state index contributed by atoms with van der Waals surface area (Å²) < 4.78 is 7.65. The third-order valence-corrected chi connectivity index (χ3v) is 3.17. The molecular weight excluding hydrogens is 228 g/mol. The van der Waals surface area contributed by atoms with Crippen LogP contribution in [0, 0.1) is 6.92 Å². The van der Waals surface area contributed by atoms with Crippen LogP contribution in [-0.2, 0) is 11.3 Å². The number of imidazole rings is 1. The fraction of sp³-hybridized carbons (Fsp3) is 0.769. The fourth-order valence-corrected chi connectivity index (χ4v) is 2.30. The molecule has 1 fully saturated rings. The monoisotopic (exact) mass is 252 g/mol. The minimum absolute atomic E-state index is 0.799. The maximum Gasteiger partial charge on any atom is 0.205 e. The number of aryl methyl sites for hydroxylation is 2. The summed E-state index contributed by atoms with van der Waals surface area (Å²) in [7, 11) is 0. The number of anilines is 1. The number of nitrogens with zero attached hydrogens (tertiary/aromatic N) is 3. The molecule has 1 aliphatic heterocycles. The van der Waals surface area contributed by atoms with Crippen LogP contribution in [0.5, 0.6) is 0 Å². The second-order valence-electron chi connectivity index (χ2n) is 4.66. The first-order chi connectivity index (χ1) is 8.81. The molecule has 2 rings (SSSR count). The summed E-state index contributed by atoms with van der Waals surface area (Å²) in [4.78, 5) is 7.02. The molecule has 1 aliphatic rings. The summed E-state index contributed by atoms with van der Waals surface area (Å²) in [5, 5.41) is 3.37. The molecule has 0 spiro atoms. The van der Waals surface area contributed by atoms with Gasteiger partial charge in [-0.15, -0.1) is 0 Å². The average Bonchev–Trinajstić information content (AvgIpc) is 2.77. The van der Waals surface area contributed by atoms with Gasteiger partial charge in [0.15, 0.2) is 0 Å². The molecule has 18 heavy (non-hydrogen) atoms. The van der Waals surface area contributed by atoms with Gasteiger partial charge in [-0.3, -0.25) is 0 Å². The van der Waals surface area contributed by atoms with Gasteiger partial charge in [0.2, 0.25) is 5.95 Å². The van der Waals surface area contributed by atoms with Crippen molar-refractivity contribution >= 4 is 5.95 Å². The van der Waals surface area contributed by atoms with Gasteiger partial charge in [-0.25, -0.2) is 4.98 Å². The standard InChI is InChI=1S/C13H24N4O/c1-3-18-10-4-7-17-11-12(2)15-13(17)16-8-5-14-6-9-16/h11,14H,3-10H2,1-2H3. The number of rotatable bonds is 6. The topological polar surface area (TPSA) is 42.3 Å². The van der Waals surface area contributed by atoms with Crippen LogP contribution in [0.15, 0.2) is 6.20 Å². The Kier molecular flexibility index (Phi) is 5.01.